The van der Waals surface area contributed by atoms with Gasteiger partial charge in [0.1, 0.15) is 5.82 Å². The third kappa shape index (κ3) is 3.23. The lowest BCUT2D eigenvalue weighted by Gasteiger charge is -2.11. The molecule has 1 aromatic carbocycles. The Labute approximate surface area is 137 Å². The summed E-state index contributed by atoms with van der Waals surface area (Å²) >= 11 is 3.52. The van der Waals surface area contributed by atoms with Crippen LogP contribution in [0.25, 0.3) is 11.3 Å². The van der Waals surface area contributed by atoms with Crippen molar-refractivity contribution in [2.75, 3.05) is 17.7 Å². The summed E-state index contributed by atoms with van der Waals surface area (Å²) in [5, 5.41) is 6.28. The minimum absolute atomic E-state index is 0.552. The van der Waals surface area contributed by atoms with Crippen LogP contribution >= 0.6 is 15.9 Å². The smallest absolute Gasteiger partial charge is 0.224 e. The van der Waals surface area contributed by atoms with Crippen LogP contribution in [0.4, 0.5) is 17.5 Å². The number of anilines is 3. The highest BCUT2D eigenvalue weighted by Gasteiger charge is 2.07. The average molecular weight is 356 g/mol. The van der Waals surface area contributed by atoms with Gasteiger partial charge in [-0.2, -0.15) is 4.98 Å². The van der Waals surface area contributed by atoms with Crippen molar-refractivity contribution in [3.8, 4) is 11.3 Å². The number of nitrogens with zero attached hydrogens (tertiary/aromatic N) is 3. The van der Waals surface area contributed by atoms with Gasteiger partial charge in [0.15, 0.2) is 0 Å². The maximum Gasteiger partial charge on any atom is 0.224 e. The topological polar surface area (TPSA) is 62.7 Å². The number of pyridine rings is 1. The van der Waals surface area contributed by atoms with Crippen LogP contribution in [-0.2, 0) is 0 Å². The molecule has 0 saturated carbocycles. The number of hydrogen-bond acceptors (Lipinski definition) is 5. The largest absolute Gasteiger partial charge is 0.357 e. The van der Waals surface area contributed by atoms with Crippen LogP contribution in [0, 0.1) is 0 Å². The van der Waals surface area contributed by atoms with E-state index in [1.807, 2.05) is 42.5 Å². The molecule has 0 unspecified atom stereocenters. The van der Waals surface area contributed by atoms with Crippen LogP contribution in [0.1, 0.15) is 0 Å². The molecule has 2 heterocycles. The number of rotatable bonds is 4. The highest BCUT2D eigenvalue weighted by Crippen LogP contribution is 2.27. The number of nitrogens with one attached hydrogen (secondary N) is 2. The predicted molar refractivity (Wildman–Crippen MR) is 92.2 cm³/mol. The molecule has 0 spiro atoms. The highest BCUT2D eigenvalue weighted by atomic mass is 79.9. The molecule has 2 N–H and O–H groups in total. The van der Waals surface area contributed by atoms with Crippen LogP contribution in [0.15, 0.2) is 59.3 Å². The van der Waals surface area contributed by atoms with Gasteiger partial charge in [0.05, 0.1) is 11.4 Å². The van der Waals surface area contributed by atoms with E-state index in [2.05, 4.69) is 41.5 Å². The van der Waals surface area contributed by atoms with Gasteiger partial charge in [-0.05, 0) is 40.2 Å². The Kier molecular flexibility index (Phi) is 4.29. The lowest BCUT2D eigenvalue weighted by Crippen LogP contribution is -2.02. The number of benzene rings is 1. The third-order valence-corrected chi connectivity index (χ3v) is 3.74. The molecule has 110 valence electrons. The van der Waals surface area contributed by atoms with Gasteiger partial charge >= 0.3 is 0 Å². The van der Waals surface area contributed by atoms with E-state index in [0.717, 1.165) is 21.4 Å². The molecule has 0 bridgehead atoms. The first-order valence-electron chi connectivity index (χ1n) is 6.75. The van der Waals surface area contributed by atoms with E-state index < -0.39 is 0 Å². The predicted octanol–water partition coefficient (Wildman–Crippen LogP) is 4.09. The molecule has 3 aromatic rings. The Hall–Kier alpha value is -2.47. The van der Waals surface area contributed by atoms with Gasteiger partial charge in [0.25, 0.3) is 0 Å². The van der Waals surface area contributed by atoms with E-state index in [1.54, 1.807) is 19.4 Å². The summed E-state index contributed by atoms with van der Waals surface area (Å²) < 4.78 is 0.975. The molecule has 0 aliphatic rings. The fraction of sp³-hybridized carbons (Fsp3) is 0.0625. The molecule has 6 heteroatoms. The van der Waals surface area contributed by atoms with Gasteiger partial charge in [-0.1, -0.05) is 12.1 Å². The molecule has 22 heavy (non-hydrogen) atoms. The second-order valence-corrected chi connectivity index (χ2v) is 5.41. The van der Waals surface area contributed by atoms with E-state index in [-0.39, 0.29) is 0 Å². The zero-order chi connectivity index (χ0) is 15.4. The molecule has 0 radical (unpaired) electrons. The first kappa shape index (κ1) is 14.5. The zero-order valence-corrected chi connectivity index (χ0v) is 13.5. The van der Waals surface area contributed by atoms with Crippen molar-refractivity contribution in [1.82, 2.24) is 15.0 Å². The minimum Gasteiger partial charge on any atom is -0.357 e. The molecule has 3 rings (SSSR count). The van der Waals surface area contributed by atoms with Gasteiger partial charge in [-0.3, -0.25) is 4.98 Å². The summed E-state index contributed by atoms with van der Waals surface area (Å²) in [4.78, 5) is 13.0. The molecular formula is C16H14BrN5. The van der Waals surface area contributed by atoms with Crippen molar-refractivity contribution < 1.29 is 0 Å². The molecule has 0 aliphatic carbocycles. The number of halogens is 1. The van der Waals surface area contributed by atoms with E-state index in [1.165, 1.54) is 0 Å². The molecular weight excluding hydrogens is 342 g/mol. The molecule has 0 aliphatic heterocycles. The van der Waals surface area contributed by atoms with Crippen LogP contribution in [-0.4, -0.2) is 22.0 Å². The first-order valence-corrected chi connectivity index (χ1v) is 7.54. The van der Waals surface area contributed by atoms with E-state index >= 15 is 0 Å². The fourth-order valence-corrected chi connectivity index (χ4v) is 2.37. The summed E-state index contributed by atoms with van der Waals surface area (Å²) in [5.74, 6) is 1.26. The van der Waals surface area contributed by atoms with Crippen LogP contribution in [0.3, 0.4) is 0 Å². The monoisotopic (exact) mass is 355 g/mol. The van der Waals surface area contributed by atoms with Gasteiger partial charge in [-0.25, -0.2) is 4.98 Å². The Morgan fingerprint density at radius 3 is 2.64 bits per heavy atom. The summed E-state index contributed by atoms with van der Waals surface area (Å²) in [6.07, 6.45) is 3.52. The standard InChI is InChI=1S/C16H14BrN5/c1-18-16-21-14(11-5-4-8-19-10-11)9-15(22-16)20-13-7-3-2-6-12(13)17/h2-10H,1H3,(H2,18,20,21,22). The number of para-hydroxylation sites is 1. The Bertz CT molecular complexity index is 776. The number of hydrogen-bond donors (Lipinski definition) is 2. The fourth-order valence-electron chi connectivity index (χ4n) is 1.99. The van der Waals surface area contributed by atoms with Crippen LogP contribution in [0.5, 0.6) is 0 Å². The van der Waals surface area contributed by atoms with Gasteiger partial charge in [-0.15, -0.1) is 0 Å². The zero-order valence-electron chi connectivity index (χ0n) is 11.9. The van der Waals surface area contributed by atoms with Gasteiger partial charge < -0.3 is 10.6 Å². The SMILES string of the molecule is CNc1nc(Nc2ccccc2Br)cc(-c2cccnc2)n1. The minimum atomic E-state index is 0.552. The van der Waals surface area contributed by atoms with E-state index in [9.17, 15) is 0 Å². The number of aromatic nitrogens is 3. The molecule has 2 aromatic heterocycles. The Morgan fingerprint density at radius 2 is 1.91 bits per heavy atom. The van der Waals surface area contributed by atoms with Gasteiger partial charge in [0, 0.05) is 35.5 Å². The maximum atomic E-state index is 4.47. The van der Waals surface area contributed by atoms with Crippen molar-refractivity contribution in [2.24, 2.45) is 0 Å². The average Bonchev–Trinajstić information content (AvgIpc) is 2.57. The molecule has 0 saturated heterocycles. The van der Waals surface area contributed by atoms with Crippen molar-refractivity contribution in [1.29, 1.82) is 0 Å². The molecule has 5 nitrogen and oxygen atoms in total. The van der Waals surface area contributed by atoms with Crippen molar-refractivity contribution in [3.63, 3.8) is 0 Å². The third-order valence-electron chi connectivity index (χ3n) is 3.04. The Morgan fingerprint density at radius 1 is 1.05 bits per heavy atom. The van der Waals surface area contributed by atoms with Gasteiger partial charge in [0.2, 0.25) is 5.95 Å². The summed E-state index contributed by atoms with van der Waals surface area (Å²) in [6, 6.07) is 13.6. The van der Waals surface area contributed by atoms with Crippen molar-refractivity contribution in [3.05, 3.63) is 59.3 Å². The maximum absolute atomic E-state index is 4.47. The highest BCUT2D eigenvalue weighted by molar-refractivity contribution is 9.10. The molecule has 0 atom stereocenters. The van der Waals surface area contributed by atoms with E-state index in [0.29, 0.717) is 11.8 Å². The van der Waals surface area contributed by atoms with Crippen molar-refractivity contribution in [2.45, 2.75) is 0 Å². The normalized spacial score (nSPS) is 10.3. The van der Waals surface area contributed by atoms with Crippen LogP contribution < -0.4 is 10.6 Å². The summed E-state index contributed by atoms with van der Waals surface area (Å²) in [5.41, 5.74) is 2.69. The summed E-state index contributed by atoms with van der Waals surface area (Å²) in [6.45, 7) is 0. The van der Waals surface area contributed by atoms with Crippen LogP contribution in [0.2, 0.25) is 0 Å². The first-order chi connectivity index (χ1) is 10.8. The molecule has 0 fully saturated rings. The van der Waals surface area contributed by atoms with Crippen molar-refractivity contribution >= 4 is 33.4 Å². The second kappa shape index (κ2) is 6.53. The quantitative estimate of drug-likeness (QED) is 0.737. The lowest BCUT2D eigenvalue weighted by atomic mass is 10.2. The lowest BCUT2D eigenvalue weighted by molar-refractivity contribution is 1.15. The molecule has 0 amide bonds. The summed E-state index contributed by atoms with van der Waals surface area (Å²) in [7, 11) is 1.80. The van der Waals surface area contributed by atoms with E-state index in [4.69, 9.17) is 0 Å². The second-order valence-electron chi connectivity index (χ2n) is 4.56. The Balaban J connectivity index is 2.00.